The number of nitrogens with one attached hydrogen (secondary N) is 1. The summed E-state index contributed by atoms with van der Waals surface area (Å²) in [5.74, 6) is -1.19. The van der Waals surface area contributed by atoms with E-state index in [1.807, 2.05) is 6.92 Å². The highest BCUT2D eigenvalue weighted by Crippen LogP contribution is 2.51. The van der Waals surface area contributed by atoms with Crippen molar-refractivity contribution in [2.75, 3.05) is 32.7 Å². The zero-order valence-electron chi connectivity index (χ0n) is 17.8. The van der Waals surface area contributed by atoms with E-state index in [1.54, 1.807) is 18.7 Å². The van der Waals surface area contributed by atoms with Crippen molar-refractivity contribution >= 4 is 23.6 Å². The molecule has 7 atom stereocenters. The molecule has 9 heteroatoms. The maximum atomic E-state index is 12.5. The van der Waals surface area contributed by atoms with Gasteiger partial charge in [-0.3, -0.25) is 4.79 Å². The molecule has 30 heavy (non-hydrogen) atoms. The Kier molecular flexibility index (Phi) is 6.46. The van der Waals surface area contributed by atoms with Gasteiger partial charge in [-0.2, -0.15) is 0 Å². The number of likely N-dealkylation sites (tertiary alicyclic amines) is 1. The average Bonchev–Trinajstić information content (AvgIpc) is 3.23. The molecular formula is C21H34N4O4S. The summed E-state index contributed by atoms with van der Waals surface area (Å²) in [6.07, 6.45) is 2.56. The van der Waals surface area contributed by atoms with Crippen LogP contribution in [-0.4, -0.2) is 88.1 Å². The standard InChI is InChI=1S/C21H34N4O4S/c1-11-17-16(12(2)26)20(27)25(17)18(21(28)29)19(11)30-15-4-6-24(10-15)9-13-3-5-23-14(7-13)8-22/h11-17,23,26H,3-10,22H2,1-2H3,(H,28,29)/t11-,12?,13?,14?,15-,16-,17-/m1/s1. The largest absolute Gasteiger partial charge is 0.477 e. The molecular weight excluding hydrogens is 404 g/mol. The molecule has 8 nitrogen and oxygen atoms in total. The smallest absolute Gasteiger partial charge is 0.353 e. The highest BCUT2D eigenvalue weighted by molar-refractivity contribution is 8.03. The molecule has 4 aliphatic rings. The number of hydrogen-bond donors (Lipinski definition) is 4. The number of carbonyl (C=O) groups is 2. The molecule has 1 amide bonds. The van der Waals surface area contributed by atoms with E-state index >= 15 is 0 Å². The van der Waals surface area contributed by atoms with Crippen LogP contribution < -0.4 is 11.1 Å². The van der Waals surface area contributed by atoms with Gasteiger partial charge in [-0.25, -0.2) is 4.79 Å². The molecule has 0 aromatic carbocycles. The number of piperidine rings is 1. The van der Waals surface area contributed by atoms with Crippen LogP contribution in [0.4, 0.5) is 0 Å². The van der Waals surface area contributed by atoms with Crippen molar-refractivity contribution in [2.45, 2.75) is 56.5 Å². The first-order valence-electron chi connectivity index (χ1n) is 11.1. The number of nitrogens with zero attached hydrogens (tertiary/aromatic N) is 2. The Hall–Kier alpha value is -1.13. The quantitative estimate of drug-likeness (QED) is 0.419. The molecule has 3 unspecified atom stereocenters. The lowest BCUT2D eigenvalue weighted by molar-refractivity contribution is -0.163. The molecule has 0 aromatic heterocycles. The number of fused-ring (bicyclic) bond motifs is 1. The number of nitrogens with two attached hydrogens (primary N) is 1. The minimum Gasteiger partial charge on any atom is -0.477 e. The third-order valence-electron chi connectivity index (χ3n) is 7.24. The first-order valence-corrected chi connectivity index (χ1v) is 12.0. The third-order valence-corrected chi connectivity index (χ3v) is 8.78. The van der Waals surface area contributed by atoms with Crippen LogP contribution in [0.5, 0.6) is 0 Å². The fourth-order valence-electron chi connectivity index (χ4n) is 5.72. The van der Waals surface area contributed by atoms with Gasteiger partial charge in [0, 0.05) is 41.7 Å². The predicted molar refractivity (Wildman–Crippen MR) is 116 cm³/mol. The summed E-state index contributed by atoms with van der Waals surface area (Å²) in [5.41, 5.74) is 5.97. The molecule has 5 N–H and O–H groups in total. The van der Waals surface area contributed by atoms with E-state index in [1.165, 1.54) is 11.3 Å². The summed E-state index contributed by atoms with van der Waals surface area (Å²) in [6.45, 7) is 8.37. The van der Waals surface area contributed by atoms with E-state index in [2.05, 4.69) is 10.2 Å². The monoisotopic (exact) mass is 438 g/mol. The SMILES string of the molecule is CC(O)[C@H]1C(=O)N2C(C(=O)O)=C(S[C@@H]3CCN(CC4CCNC(CN)C4)C3)[C@H](C)[C@H]12. The molecule has 168 valence electrons. The van der Waals surface area contributed by atoms with Crippen molar-refractivity contribution < 1.29 is 19.8 Å². The number of thioether (sulfide) groups is 1. The normalized spacial score (nSPS) is 38.0. The van der Waals surface area contributed by atoms with Crippen LogP contribution in [-0.2, 0) is 9.59 Å². The molecule has 0 radical (unpaired) electrons. The Morgan fingerprint density at radius 1 is 1.40 bits per heavy atom. The number of aliphatic carboxylic acids is 1. The van der Waals surface area contributed by atoms with E-state index in [9.17, 15) is 19.8 Å². The van der Waals surface area contributed by atoms with Gasteiger partial charge in [0.05, 0.1) is 18.1 Å². The Labute approximate surface area is 182 Å². The number of carbonyl (C=O) groups excluding carboxylic acids is 1. The van der Waals surface area contributed by atoms with Gasteiger partial charge in [0.2, 0.25) is 5.91 Å². The summed E-state index contributed by atoms with van der Waals surface area (Å²) in [4.78, 5) is 29.2. The van der Waals surface area contributed by atoms with Crippen molar-refractivity contribution in [1.82, 2.24) is 15.1 Å². The summed E-state index contributed by atoms with van der Waals surface area (Å²) in [5, 5.41) is 23.6. The Morgan fingerprint density at radius 2 is 2.17 bits per heavy atom. The van der Waals surface area contributed by atoms with Crippen molar-refractivity contribution in [2.24, 2.45) is 23.5 Å². The molecule has 4 aliphatic heterocycles. The van der Waals surface area contributed by atoms with E-state index in [0.717, 1.165) is 43.9 Å². The van der Waals surface area contributed by atoms with Crippen LogP contribution in [0, 0.1) is 17.8 Å². The van der Waals surface area contributed by atoms with E-state index < -0.39 is 18.0 Å². The van der Waals surface area contributed by atoms with E-state index in [-0.39, 0.29) is 23.6 Å². The average molecular weight is 439 g/mol. The minimum atomic E-state index is -1.04. The summed E-state index contributed by atoms with van der Waals surface area (Å²) in [7, 11) is 0. The van der Waals surface area contributed by atoms with Crippen molar-refractivity contribution in [3.8, 4) is 0 Å². The van der Waals surface area contributed by atoms with Crippen LogP contribution >= 0.6 is 11.8 Å². The third kappa shape index (κ3) is 3.90. The van der Waals surface area contributed by atoms with Crippen molar-refractivity contribution in [3.05, 3.63) is 10.6 Å². The summed E-state index contributed by atoms with van der Waals surface area (Å²) < 4.78 is 0. The molecule has 0 bridgehead atoms. The molecule has 4 heterocycles. The zero-order valence-corrected chi connectivity index (χ0v) is 18.6. The maximum Gasteiger partial charge on any atom is 0.353 e. The molecule has 0 saturated carbocycles. The van der Waals surface area contributed by atoms with Gasteiger partial charge in [0.25, 0.3) is 0 Å². The highest BCUT2D eigenvalue weighted by Gasteiger charge is 2.60. The number of aliphatic hydroxyl groups excluding tert-OH is 1. The van der Waals surface area contributed by atoms with Gasteiger partial charge >= 0.3 is 5.97 Å². The van der Waals surface area contributed by atoms with E-state index in [0.29, 0.717) is 23.8 Å². The van der Waals surface area contributed by atoms with Gasteiger partial charge in [0.15, 0.2) is 0 Å². The van der Waals surface area contributed by atoms with Gasteiger partial charge in [0.1, 0.15) is 5.70 Å². The first kappa shape index (κ1) is 22.1. The fraction of sp³-hybridized carbons (Fsp3) is 0.810. The second-order valence-corrected chi connectivity index (χ2v) is 10.7. The predicted octanol–water partition coefficient (Wildman–Crippen LogP) is 0.275. The van der Waals surface area contributed by atoms with Crippen LogP contribution in [0.15, 0.2) is 10.6 Å². The van der Waals surface area contributed by atoms with Gasteiger partial charge < -0.3 is 31.1 Å². The molecule has 4 rings (SSSR count). The Bertz CT molecular complexity index is 730. The molecule has 3 saturated heterocycles. The maximum absolute atomic E-state index is 12.5. The van der Waals surface area contributed by atoms with Gasteiger partial charge in [-0.15, -0.1) is 11.8 Å². The molecule has 0 aliphatic carbocycles. The number of carboxylic acid groups (broad SMARTS) is 1. The summed E-state index contributed by atoms with van der Waals surface area (Å²) >= 11 is 1.64. The lowest BCUT2D eigenvalue weighted by Crippen LogP contribution is -2.63. The lowest BCUT2D eigenvalue weighted by atomic mass is 9.79. The molecule has 0 spiro atoms. The number of aliphatic hydroxyl groups is 1. The lowest BCUT2D eigenvalue weighted by Gasteiger charge is -2.46. The number of β-lactam (4-membered cyclic amide) rings is 1. The number of carboxylic acids is 1. The van der Waals surface area contributed by atoms with Crippen LogP contribution in [0.3, 0.4) is 0 Å². The molecule has 0 aromatic rings. The van der Waals surface area contributed by atoms with Crippen LogP contribution in [0.25, 0.3) is 0 Å². The molecule has 3 fully saturated rings. The fourth-order valence-corrected chi connectivity index (χ4v) is 7.24. The number of hydrogen-bond acceptors (Lipinski definition) is 7. The van der Waals surface area contributed by atoms with Crippen LogP contribution in [0.1, 0.15) is 33.1 Å². The van der Waals surface area contributed by atoms with Gasteiger partial charge in [-0.05, 0) is 45.2 Å². The number of rotatable bonds is 7. The first-order chi connectivity index (χ1) is 14.3. The van der Waals surface area contributed by atoms with Crippen molar-refractivity contribution in [1.29, 1.82) is 0 Å². The van der Waals surface area contributed by atoms with Gasteiger partial charge in [-0.1, -0.05) is 6.92 Å². The minimum absolute atomic E-state index is 0.0535. The Balaban J connectivity index is 1.39. The van der Waals surface area contributed by atoms with E-state index in [4.69, 9.17) is 5.73 Å². The second kappa shape index (κ2) is 8.78. The number of amides is 1. The second-order valence-electron chi connectivity index (χ2n) is 9.34. The topological polar surface area (TPSA) is 119 Å². The summed E-state index contributed by atoms with van der Waals surface area (Å²) in [6, 6.07) is 0.189. The highest BCUT2D eigenvalue weighted by atomic mass is 32.2. The van der Waals surface area contributed by atoms with Crippen molar-refractivity contribution in [3.63, 3.8) is 0 Å². The van der Waals surface area contributed by atoms with Crippen LogP contribution in [0.2, 0.25) is 0 Å². The Morgan fingerprint density at radius 3 is 2.83 bits per heavy atom. The zero-order chi connectivity index (χ0) is 21.6.